The summed E-state index contributed by atoms with van der Waals surface area (Å²) in [5, 5.41) is 9.93. The third-order valence-corrected chi connectivity index (χ3v) is 6.40. The van der Waals surface area contributed by atoms with Crippen LogP contribution in [0.2, 0.25) is 0 Å². The zero-order valence-electron chi connectivity index (χ0n) is 17.8. The molecule has 4 aromatic rings. The smallest absolute Gasteiger partial charge is 0.231 e. The van der Waals surface area contributed by atoms with Crippen molar-refractivity contribution >= 4 is 39.6 Å². The highest BCUT2D eigenvalue weighted by Gasteiger charge is 2.11. The van der Waals surface area contributed by atoms with Crippen LogP contribution in [-0.2, 0) is 35.6 Å². The molecule has 2 heterocycles. The molecule has 2 aromatic heterocycles. The summed E-state index contributed by atoms with van der Waals surface area (Å²) in [6.07, 6.45) is 0.485. The molecule has 0 aliphatic heterocycles. The second-order valence-corrected chi connectivity index (χ2v) is 9.21. The minimum atomic E-state index is -0.124. The lowest BCUT2D eigenvalue weighted by molar-refractivity contribution is -0.120. The van der Waals surface area contributed by atoms with Gasteiger partial charge in [0.05, 0.1) is 18.5 Å². The maximum absolute atomic E-state index is 12.3. The first-order chi connectivity index (χ1) is 16.1. The average Bonchev–Trinajstić information content (AvgIpc) is 3.50. The lowest BCUT2D eigenvalue weighted by Crippen LogP contribution is -2.24. The zero-order valence-corrected chi connectivity index (χ0v) is 19.5. The number of thiophene rings is 1. The Labute approximate surface area is 200 Å². The van der Waals surface area contributed by atoms with Crippen molar-refractivity contribution in [2.24, 2.45) is 0 Å². The minimum absolute atomic E-state index is 0.112. The molecule has 0 aliphatic carbocycles. The van der Waals surface area contributed by atoms with E-state index < -0.39 is 0 Å². The third-order valence-electron chi connectivity index (χ3n) is 4.72. The van der Waals surface area contributed by atoms with Gasteiger partial charge in [0.15, 0.2) is 5.13 Å². The van der Waals surface area contributed by atoms with Crippen LogP contribution >= 0.6 is 22.7 Å². The molecule has 0 fully saturated rings. The van der Waals surface area contributed by atoms with Crippen LogP contribution in [0, 0.1) is 0 Å². The summed E-state index contributed by atoms with van der Waals surface area (Å²) >= 11 is 2.86. The van der Waals surface area contributed by atoms with Crippen LogP contribution in [0.15, 0.2) is 77.5 Å². The summed E-state index contributed by atoms with van der Waals surface area (Å²) in [7, 11) is 0. The number of anilines is 1. The molecule has 4 rings (SSSR count). The van der Waals surface area contributed by atoms with Crippen molar-refractivity contribution < 1.29 is 14.3 Å². The van der Waals surface area contributed by atoms with Crippen LogP contribution < -0.4 is 15.4 Å². The van der Waals surface area contributed by atoms with E-state index in [2.05, 4.69) is 15.6 Å². The Morgan fingerprint density at radius 1 is 0.848 bits per heavy atom. The van der Waals surface area contributed by atoms with Crippen molar-refractivity contribution in [2.75, 3.05) is 5.32 Å². The monoisotopic (exact) mass is 477 g/mol. The Morgan fingerprint density at radius 2 is 1.67 bits per heavy atom. The highest BCUT2D eigenvalue weighted by Crippen LogP contribution is 2.18. The van der Waals surface area contributed by atoms with E-state index in [9.17, 15) is 9.59 Å². The molecule has 0 spiro atoms. The van der Waals surface area contributed by atoms with E-state index in [4.69, 9.17) is 4.74 Å². The predicted molar refractivity (Wildman–Crippen MR) is 132 cm³/mol. The first kappa shape index (κ1) is 22.7. The van der Waals surface area contributed by atoms with Crippen molar-refractivity contribution in [3.05, 3.63) is 99.2 Å². The summed E-state index contributed by atoms with van der Waals surface area (Å²) in [5.41, 5.74) is 2.73. The highest BCUT2D eigenvalue weighted by atomic mass is 32.1. The van der Waals surface area contributed by atoms with Crippen molar-refractivity contribution in [1.29, 1.82) is 0 Å². The van der Waals surface area contributed by atoms with Crippen molar-refractivity contribution in [2.45, 2.75) is 26.0 Å². The summed E-state index contributed by atoms with van der Waals surface area (Å²) in [6, 6.07) is 21.5. The maximum Gasteiger partial charge on any atom is 0.231 e. The molecule has 0 saturated carbocycles. The molecule has 2 aromatic carbocycles. The van der Waals surface area contributed by atoms with Crippen LogP contribution in [0.25, 0.3) is 0 Å². The molecule has 0 radical (unpaired) electrons. The fourth-order valence-corrected chi connectivity index (χ4v) is 4.48. The maximum atomic E-state index is 12.3. The number of nitrogens with one attached hydrogen (secondary N) is 2. The molecule has 0 saturated heterocycles. The van der Waals surface area contributed by atoms with Gasteiger partial charge >= 0.3 is 0 Å². The number of carbonyl (C=O) groups excluding carboxylic acids is 2. The minimum Gasteiger partial charge on any atom is -0.489 e. The van der Waals surface area contributed by atoms with Gasteiger partial charge in [0.25, 0.3) is 0 Å². The number of hydrogen-bond donors (Lipinski definition) is 2. The van der Waals surface area contributed by atoms with Gasteiger partial charge < -0.3 is 15.4 Å². The number of hydrogen-bond acceptors (Lipinski definition) is 6. The zero-order chi connectivity index (χ0) is 22.9. The van der Waals surface area contributed by atoms with Crippen LogP contribution in [0.4, 0.5) is 5.13 Å². The third kappa shape index (κ3) is 7.27. The van der Waals surface area contributed by atoms with E-state index in [-0.39, 0.29) is 18.2 Å². The Bertz CT molecular complexity index is 1170. The highest BCUT2D eigenvalue weighted by molar-refractivity contribution is 7.14. The van der Waals surface area contributed by atoms with E-state index in [1.807, 2.05) is 72.1 Å². The lowest BCUT2D eigenvalue weighted by atomic mass is 10.2. The summed E-state index contributed by atoms with van der Waals surface area (Å²) in [4.78, 5) is 29.7. The summed E-state index contributed by atoms with van der Waals surface area (Å²) < 4.78 is 5.79. The van der Waals surface area contributed by atoms with Gasteiger partial charge in [-0.1, -0.05) is 48.5 Å². The molecule has 0 atom stereocenters. The van der Waals surface area contributed by atoms with Gasteiger partial charge in [-0.2, -0.15) is 0 Å². The average molecular weight is 478 g/mol. The Morgan fingerprint density at radius 3 is 2.42 bits per heavy atom. The molecule has 33 heavy (non-hydrogen) atoms. The number of aromatic nitrogens is 1. The quantitative estimate of drug-likeness (QED) is 0.343. The number of thiazole rings is 1. The van der Waals surface area contributed by atoms with Crippen molar-refractivity contribution in [1.82, 2.24) is 10.3 Å². The Balaban J connectivity index is 1.19. The first-order valence-corrected chi connectivity index (χ1v) is 12.2. The van der Waals surface area contributed by atoms with Crippen LogP contribution in [0.1, 0.15) is 21.7 Å². The SMILES string of the molecule is O=C(Cc1csc(NC(=O)Cc2cccs2)n1)NCc1ccc(OCc2ccccc2)cc1. The number of benzene rings is 2. The van der Waals surface area contributed by atoms with E-state index in [1.165, 1.54) is 11.3 Å². The molecule has 2 N–H and O–H groups in total. The molecule has 6 nitrogen and oxygen atoms in total. The number of ether oxygens (including phenoxy) is 1. The fourth-order valence-electron chi connectivity index (χ4n) is 3.05. The first-order valence-electron chi connectivity index (χ1n) is 10.4. The topological polar surface area (TPSA) is 80.3 Å². The van der Waals surface area contributed by atoms with Gasteiger partial charge in [0.1, 0.15) is 12.4 Å². The lowest BCUT2D eigenvalue weighted by Gasteiger charge is -2.08. The molecule has 2 amide bonds. The predicted octanol–water partition coefficient (Wildman–Crippen LogP) is 4.82. The van der Waals surface area contributed by atoms with E-state index >= 15 is 0 Å². The van der Waals surface area contributed by atoms with E-state index in [0.29, 0.717) is 30.4 Å². The second-order valence-electron chi connectivity index (χ2n) is 7.32. The molecular weight excluding hydrogens is 454 g/mol. The van der Waals surface area contributed by atoms with Gasteiger partial charge in [-0.3, -0.25) is 9.59 Å². The molecule has 0 bridgehead atoms. The number of rotatable bonds is 10. The van der Waals surface area contributed by atoms with Gasteiger partial charge in [-0.05, 0) is 34.7 Å². The van der Waals surface area contributed by atoms with Crippen LogP contribution in [0.3, 0.4) is 0 Å². The van der Waals surface area contributed by atoms with Crippen LogP contribution in [0.5, 0.6) is 5.75 Å². The largest absolute Gasteiger partial charge is 0.489 e. The normalized spacial score (nSPS) is 10.5. The molecule has 8 heteroatoms. The summed E-state index contributed by atoms with van der Waals surface area (Å²) in [5.74, 6) is 0.547. The molecule has 0 unspecified atom stereocenters. The molecule has 0 aliphatic rings. The van der Waals surface area contributed by atoms with E-state index in [1.54, 1.807) is 16.7 Å². The Kier molecular flexibility index (Phi) is 7.84. The second kappa shape index (κ2) is 11.4. The van der Waals surface area contributed by atoms with Crippen molar-refractivity contribution in [3.63, 3.8) is 0 Å². The van der Waals surface area contributed by atoms with Crippen molar-refractivity contribution in [3.8, 4) is 5.75 Å². The van der Waals surface area contributed by atoms with Crippen LogP contribution in [-0.4, -0.2) is 16.8 Å². The fraction of sp³-hybridized carbons (Fsp3) is 0.160. The van der Waals surface area contributed by atoms with Gasteiger partial charge in [-0.15, -0.1) is 22.7 Å². The van der Waals surface area contributed by atoms with Gasteiger partial charge in [0.2, 0.25) is 11.8 Å². The Hall–Kier alpha value is -3.49. The van der Waals surface area contributed by atoms with E-state index in [0.717, 1.165) is 21.8 Å². The standard InChI is InChI=1S/C25H23N3O3S2/c29-23(13-20-17-33-25(27-20)28-24(30)14-22-7-4-12-32-22)26-15-18-8-10-21(11-9-18)31-16-19-5-2-1-3-6-19/h1-12,17H,13-16H2,(H,26,29)(H,27,28,30). The number of amides is 2. The molecular formula is C25H23N3O3S2. The number of carbonyl (C=O) groups is 2. The van der Waals surface area contributed by atoms with Gasteiger partial charge in [-0.25, -0.2) is 4.98 Å². The van der Waals surface area contributed by atoms with Gasteiger partial charge in [0, 0.05) is 16.8 Å². The summed E-state index contributed by atoms with van der Waals surface area (Å²) in [6.45, 7) is 0.938. The molecule has 168 valence electrons. The number of nitrogens with zero attached hydrogens (tertiary/aromatic N) is 1.